The van der Waals surface area contributed by atoms with Crippen LogP contribution in [0.4, 0.5) is 0 Å². The van der Waals surface area contributed by atoms with Gasteiger partial charge in [0.2, 0.25) is 5.91 Å². The Morgan fingerprint density at radius 1 is 1.15 bits per heavy atom. The van der Waals surface area contributed by atoms with Crippen molar-refractivity contribution in [2.24, 2.45) is 5.92 Å². The summed E-state index contributed by atoms with van der Waals surface area (Å²) in [5.74, 6) is 1.23. The fourth-order valence-electron chi connectivity index (χ4n) is 1.96. The first-order valence-electron chi connectivity index (χ1n) is 7.03. The molecule has 3 heteroatoms. The molecule has 2 nitrogen and oxygen atoms in total. The minimum absolute atomic E-state index is 0.115. The third-order valence-corrected chi connectivity index (χ3v) is 4.13. The topological polar surface area (TPSA) is 29.1 Å². The zero-order valence-electron chi connectivity index (χ0n) is 12.1. The van der Waals surface area contributed by atoms with Crippen LogP contribution in [0.15, 0.2) is 47.4 Å². The third-order valence-electron chi connectivity index (χ3n) is 3.13. The van der Waals surface area contributed by atoms with Crippen molar-refractivity contribution in [1.29, 1.82) is 0 Å². The highest BCUT2D eigenvalue weighted by Gasteiger charge is 2.03. The van der Waals surface area contributed by atoms with Crippen LogP contribution in [0.25, 0.3) is 10.8 Å². The van der Waals surface area contributed by atoms with Gasteiger partial charge in [0.05, 0.1) is 5.75 Å². The predicted octanol–water partition coefficient (Wildman–Crippen LogP) is 4.09. The Morgan fingerprint density at radius 3 is 2.65 bits per heavy atom. The van der Waals surface area contributed by atoms with E-state index >= 15 is 0 Å². The number of rotatable bonds is 6. The molecule has 0 bridgehead atoms. The van der Waals surface area contributed by atoms with Crippen LogP contribution in [0.1, 0.15) is 20.3 Å². The summed E-state index contributed by atoms with van der Waals surface area (Å²) < 4.78 is 0. The lowest BCUT2D eigenvalue weighted by Gasteiger charge is -2.07. The zero-order chi connectivity index (χ0) is 14.4. The number of hydrogen-bond acceptors (Lipinski definition) is 2. The second-order valence-corrected chi connectivity index (χ2v) is 6.38. The van der Waals surface area contributed by atoms with Gasteiger partial charge in [-0.25, -0.2) is 0 Å². The number of nitrogens with one attached hydrogen (secondary N) is 1. The van der Waals surface area contributed by atoms with Crippen molar-refractivity contribution in [3.05, 3.63) is 42.5 Å². The van der Waals surface area contributed by atoms with Crippen LogP contribution in [-0.2, 0) is 4.79 Å². The maximum atomic E-state index is 11.7. The van der Waals surface area contributed by atoms with Crippen molar-refractivity contribution < 1.29 is 4.79 Å². The molecule has 0 fully saturated rings. The molecular weight excluding hydrogens is 266 g/mol. The lowest BCUT2D eigenvalue weighted by atomic mass is 10.1. The molecule has 1 amide bonds. The van der Waals surface area contributed by atoms with Gasteiger partial charge < -0.3 is 5.32 Å². The summed E-state index contributed by atoms with van der Waals surface area (Å²) in [5.41, 5.74) is 0. The summed E-state index contributed by atoms with van der Waals surface area (Å²) in [4.78, 5) is 12.9. The number of carbonyl (C=O) groups excluding carboxylic acids is 1. The fourth-order valence-corrected chi connectivity index (χ4v) is 2.73. The Balaban J connectivity index is 1.84. The Morgan fingerprint density at radius 2 is 1.90 bits per heavy atom. The number of thioether (sulfide) groups is 1. The summed E-state index contributed by atoms with van der Waals surface area (Å²) in [6.45, 7) is 5.10. The van der Waals surface area contributed by atoms with E-state index in [4.69, 9.17) is 0 Å². The minimum Gasteiger partial charge on any atom is -0.355 e. The van der Waals surface area contributed by atoms with E-state index in [9.17, 15) is 4.79 Å². The monoisotopic (exact) mass is 287 g/mol. The maximum absolute atomic E-state index is 11.7. The van der Waals surface area contributed by atoms with Crippen LogP contribution < -0.4 is 5.32 Å². The first-order valence-corrected chi connectivity index (χ1v) is 8.02. The summed E-state index contributed by atoms with van der Waals surface area (Å²) in [6.07, 6.45) is 1.03. The molecule has 0 saturated carbocycles. The van der Waals surface area contributed by atoms with E-state index < -0.39 is 0 Å². The molecule has 0 unspecified atom stereocenters. The van der Waals surface area contributed by atoms with Crippen molar-refractivity contribution in [2.75, 3.05) is 12.3 Å². The van der Waals surface area contributed by atoms with Crippen molar-refractivity contribution >= 4 is 28.4 Å². The normalized spacial score (nSPS) is 10.9. The van der Waals surface area contributed by atoms with Crippen LogP contribution >= 0.6 is 11.8 Å². The molecule has 0 aliphatic heterocycles. The average Bonchev–Trinajstić information content (AvgIpc) is 2.44. The lowest BCUT2D eigenvalue weighted by molar-refractivity contribution is -0.118. The zero-order valence-corrected chi connectivity index (χ0v) is 12.9. The van der Waals surface area contributed by atoms with E-state index in [-0.39, 0.29) is 5.91 Å². The SMILES string of the molecule is CC(C)CCNC(=O)CSc1ccc2ccccc2c1. The maximum Gasteiger partial charge on any atom is 0.230 e. The number of amides is 1. The lowest BCUT2D eigenvalue weighted by Crippen LogP contribution is -2.26. The minimum atomic E-state index is 0.115. The van der Waals surface area contributed by atoms with Gasteiger partial charge >= 0.3 is 0 Å². The Kier molecular flexibility index (Phi) is 5.48. The Labute approximate surface area is 125 Å². The molecule has 0 radical (unpaired) electrons. The molecule has 0 spiro atoms. The Hall–Kier alpha value is -1.48. The summed E-state index contributed by atoms with van der Waals surface area (Å²) in [7, 11) is 0. The van der Waals surface area contributed by atoms with Crippen molar-refractivity contribution in [2.45, 2.75) is 25.2 Å². The van der Waals surface area contributed by atoms with E-state index in [2.05, 4.69) is 49.5 Å². The Bertz CT molecular complexity index is 580. The third kappa shape index (κ3) is 4.57. The van der Waals surface area contributed by atoms with Crippen LogP contribution in [0.5, 0.6) is 0 Å². The quantitative estimate of drug-likeness (QED) is 0.811. The van der Waals surface area contributed by atoms with Gasteiger partial charge in [-0.15, -0.1) is 11.8 Å². The fraction of sp³-hybridized carbons (Fsp3) is 0.353. The molecule has 20 heavy (non-hydrogen) atoms. The van der Waals surface area contributed by atoms with Gasteiger partial charge in [0, 0.05) is 11.4 Å². The molecular formula is C17H21NOS. The molecule has 2 aromatic rings. The van der Waals surface area contributed by atoms with Gasteiger partial charge in [0.15, 0.2) is 0 Å². The summed E-state index contributed by atoms with van der Waals surface area (Å²) >= 11 is 1.59. The largest absolute Gasteiger partial charge is 0.355 e. The highest BCUT2D eigenvalue weighted by Crippen LogP contribution is 2.23. The van der Waals surface area contributed by atoms with E-state index in [1.807, 2.05) is 12.1 Å². The number of hydrogen-bond donors (Lipinski definition) is 1. The van der Waals surface area contributed by atoms with Gasteiger partial charge in [0.25, 0.3) is 0 Å². The van der Waals surface area contributed by atoms with Gasteiger partial charge in [-0.3, -0.25) is 4.79 Å². The molecule has 0 aliphatic carbocycles. The first kappa shape index (κ1) is 14.9. The van der Waals surface area contributed by atoms with Crippen LogP contribution in [0.2, 0.25) is 0 Å². The van der Waals surface area contributed by atoms with E-state index in [0.717, 1.165) is 17.9 Å². The average molecular weight is 287 g/mol. The molecule has 0 saturated heterocycles. The predicted molar refractivity (Wildman–Crippen MR) is 87.1 cm³/mol. The van der Waals surface area contributed by atoms with Gasteiger partial charge in [-0.1, -0.05) is 44.2 Å². The van der Waals surface area contributed by atoms with E-state index in [0.29, 0.717) is 11.7 Å². The second kappa shape index (κ2) is 7.34. The summed E-state index contributed by atoms with van der Waals surface area (Å²) in [6, 6.07) is 14.6. The number of carbonyl (C=O) groups is 1. The van der Waals surface area contributed by atoms with Gasteiger partial charge in [-0.2, -0.15) is 0 Å². The molecule has 106 valence electrons. The van der Waals surface area contributed by atoms with Crippen molar-refractivity contribution in [1.82, 2.24) is 5.32 Å². The molecule has 0 aliphatic rings. The molecule has 1 N–H and O–H groups in total. The van der Waals surface area contributed by atoms with Crippen LogP contribution in [-0.4, -0.2) is 18.2 Å². The molecule has 0 atom stereocenters. The van der Waals surface area contributed by atoms with Crippen LogP contribution in [0, 0.1) is 5.92 Å². The highest BCUT2D eigenvalue weighted by atomic mass is 32.2. The number of fused-ring (bicyclic) bond motifs is 1. The van der Waals surface area contributed by atoms with Gasteiger partial charge in [0.1, 0.15) is 0 Å². The van der Waals surface area contributed by atoms with Gasteiger partial charge in [-0.05, 0) is 35.2 Å². The summed E-state index contributed by atoms with van der Waals surface area (Å²) in [5, 5.41) is 5.42. The number of benzene rings is 2. The van der Waals surface area contributed by atoms with Crippen molar-refractivity contribution in [3.8, 4) is 0 Å². The van der Waals surface area contributed by atoms with Crippen molar-refractivity contribution in [3.63, 3.8) is 0 Å². The van der Waals surface area contributed by atoms with Crippen LogP contribution in [0.3, 0.4) is 0 Å². The molecule has 0 heterocycles. The van der Waals surface area contributed by atoms with E-state index in [1.54, 1.807) is 11.8 Å². The second-order valence-electron chi connectivity index (χ2n) is 5.33. The standard InChI is InChI=1S/C17H21NOS/c1-13(2)9-10-18-17(19)12-20-16-8-7-14-5-3-4-6-15(14)11-16/h3-8,11,13H,9-10,12H2,1-2H3,(H,18,19). The molecule has 2 aromatic carbocycles. The highest BCUT2D eigenvalue weighted by molar-refractivity contribution is 8.00. The smallest absolute Gasteiger partial charge is 0.230 e. The first-order chi connectivity index (χ1) is 9.65. The van der Waals surface area contributed by atoms with E-state index in [1.165, 1.54) is 10.8 Å². The molecule has 0 aromatic heterocycles. The molecule has 2 rings (SSSR count).